The number of amides is 1. The summed E-state index contributed by atoms with van der Waals surface area (Å²) in [6.45, 7) is 0. The zero-order chi connectivity index (χ0) is 22.2. The summed E-state index contributed by atoms with van der Waals surface area (Å²) in [6, 6.07) is 13.6. The number of aryl methyl sites for hydroxylation is 1. The Labute approximate surface area is 184 Å². The summed E-state index contributed by atoms with van der Waals surface area (Å²) in [5.74, 6) is -0.457. The van der Waals surface area contributed by atoms with Gasteiger partial charge in [-0.15, -0.1) is 0 Å². The van der Waals surface area contributed by atoms with Crippen molar-refractivity contribution in [3.05, 3.63) is 76.9 Å². The third kappa shape index (κ3) is 3.69. The number of rotatable bonds is 5. The molecule has 7 heteroatoms. The van der Waals surface area contributed by atoms with E-state index < -0.39 is 5.82 Å². The first kappa shape index (κ1) is 20.1. The van der Waals surface area contributed by atoms with E-state index in [2.05, 4.69) is 5.10 Å². The number of halogens is 1. The van der Waals surface area contributed by atoms with Gasteiger partial charge in [0.2, 0.25) is 6.41 Å². The smallest absolute Gasteiger partial charge is 0.254 e. The quantitative estimate of drug-likeness (QED) is 0.580. The number of nitrogens with zero attached hydrogens (tertiary/aromatic N) is 4. The highest BCUT2D eigenvalue weighted by molar-refractivity contribution is 5.95. The molecule has 2 aliphatic carbocycles. The van der Waals surface area contributed by atoms with E-state index in [4.69, 9.17) is 0 Å². The molecule has 1 unspecified atom stereocenters. The summed E-state index contributed by atoms with van der Waals surface area (Å²) < 4.78 is 14.8. The Bertz CT molecular complexity index is 1240. The van der Waals surface area contributed by atoms with Crippen molar-refractivity contribution in [2.24, 2.45) is 0 Å². The first-order valence-corrected chi connectivity index (χ1v) is 10.7. The van der Waals surface area contributed by atoms with Crippen molar-refractivity contribution in [1.29, 1.82) is 5.26 Å². The molecule has 160 valence electrons. The Morgan fingerprint density at radius 2 is 1.94 bits per heavy atom. The maximum Gasteiger partial charge on any atom is 0.254 e. The first-order chi connectivity index (χ1) is 15.6. The number of benzene rings is 2. The highest BCUT2D eigenvalue weighted by atomic mass is 19.1. The van der Waals surface area contributed by atoms with Crippen LogP contribution >= 0.6 is 0 Å². The number of carbonyl (C=O) groups excluding carboxylic acids is 2. The predicted octanol–water partition coefficient (Wildman–Crippen LogP) is 3.76. The van der Waals surface area contributed by atoms with Crippen molar-refractivity contribution in [2.45, 2.75) is 44.2 Å². The molecular formula is C25H21FN4O2. The second-order valence-electron chi connectivity index (χ2n) is 8.41. The highest BCUT2D eigenvalue weighted by Crippen LogP contribution is 2.35. The van der Waals surface area contributed by atoms with Crippen molar-refractivity contribution >= 4 is 12.3 Å². The normalized spacial score (nSPS) is 17.3. The highest BCUT2D eigenvalue weighted by Gasteiger charge is 2.39. The van der Waals surface area contributed by atoms with E-state index in [1.807, 2.05) is 11.0 Å². The maximum absolute atomic E-state index is 13.5. The van der Waals surface area contributed by atoms with Gasteiger partial charge in [0.1, 0.15) is 5.82 Å². The minimum absolute atomic E-state index is 0.00473. The molecule has 1 heterocycles. The largest absolute Gasteiger partial charge is 0.332 e. The lowest BCUT2D eigenvalue weighted by molar-refractivity contribution is 0.0643. The molecule has 5 rings (SSSR count). The zero-order valence-electron chi connectivity index (χ0n) is 17.4. The summed E-state index contributed by atoms with van der Waals surface area (Å²) >= 11 is 0. The van der Waals surface area contributed by atoms with Crippen LogP contribution in [0.1, 0.15) is 46.4 Å². The second kappa shape index (κ2) is 8.04. The Hall–Kier alpha value is -3.79. The maximum atomic E-state index is 13.5. The van der Waals surface area contributed by atoms with Gasteiger partial charge in [-0.25, -0.2) is 9.07 Å². The van der Waals surface area contributed by atoms with Gasteiger partial charge in [0, 0.05) is 23.8 Å². The van der Waals surface area contributed by atoms with Crippen LogP contribution in [-0.2, 0) is 17.6 Å². The Morgan fingerprint density at radius 1 is 1.16 bits per heavy atom. The summed E-state index contributed by atoms with van der Waals surface area (Å²) in [7, 11) is 0. The number of carbonyl (C=O) groups is 2. The molecule has 0 spiro atoms. The zero-order valence-corrected chi connectivity index (χ0v) is 17.4. The second-order valence-corrected chi connectivity index (χ2v) is 8.41. The molecule has 1 atom stereocenters. The van der Waals surface area contributed by atoms with Gasteiger partial charge in [-0.2, -0.15) is 10.4 Å². The lowest BCUT2D eigenvalue weighted by Gasteiger charge is -2.34. The molecular weight excluding hydrogens is 407 g/mol. The predicted molar refractivity (Wildman–Crippen MR) is 116 cm³/mol. The fourth-order valence-electron chi connectivity index (χ4n) is 4.58. The molecule has 1 amide bonds. The molecule has 32 heavy (non-hydrogen) atoms. The van der Waals surface area contributed by atoms with Crippen molar-refractivity contribution in [2.75, 3.05) is 0 Å². The van der Waals surface area contributed by atoms with Gasteiger partial charge in [-0.3, -0.25) is 9.59 Å². The van der Waals surface area contributed by atoms with Gasteiger partial charge < -0.3 is 4.90 Å². The third-order valence-electron chi connectivity index (χ3n) is 6.29. The van der Waals surface area contributed by atoms with E-state index in [0.717, 1.165) is 42.5 Å². The number of hydrogen-bond acceptors (Lipinski definition) is 4. The van der Waals surface area contributed by atoms with Crippen LogP contribution in [0.15, 0.2) is 48.7 Å². The van der Waals surface area contributed by atoms with Crippen molar-refractivity contribution in [3.8, 4) is 17.2 Å². The van der Waals surface area contributed by atoms with Gasteiger partial charge in [-0.1, -0.05) is 18.2 Å². The van der Waals surface area contributed by atoms with Gasteiger partial charge in [0.25, 0.3) is 5.91 Å². The van der Waals surface area contributed by atoms with Gasteiger partial charge in [0.15, 0.2) is 0 Å². The Kier molecular flexibility index (Phi) is 5.06. The van der Waals surface area contributed by atoms with Crippen molar-refractivity contribution in [3.63, 3.8) is 0 Å². The van der Waals surface area contributed by atoms with Gasteiger partial charge >= 0.3 is 0 Å². The van der Waals surface area contributed by atoms with Crippen molar-refractivity contribution < 1.29 is 14.0 Å². The van der Waals surface area contributed by atoms with Crippen molar-refractivity contribution in [1.82, 2.24) is 14.7 Å². The van der Waals surface area contributed by atoms with Crippen LogP contribution in [0.2, 0.25) is 0 Å². The molecule has 0 N–H and O–H groups in total. The van der Waals surface area contributed by atoms with E-state index in [1.165, 1.54) is 16.8 Å². The average Bonchev–Trinajstić information content (AvgIpc) is 3.56. The Morgan fingerprint density at radius 3 is 2.62 bits per heavy atom. The lowest BCUT2D eigenvalue weighted by atomic mass is 9.91. The fraction of sp³-hybridized carbons (Fsp3) is 0.280. The van der Waals surface area contributed by atoms with Crippen LogP contribution in [0, 0.1) is 17.1 Å². The molecule has 0 saturated heterocycles. The SMILES string of the molecule is N#Cc1cc(F)ccc1-c1ccc(C(=O)N(C2CC2)C2CCc3nn(C=O)cc3C2)cc1. The van der Waals surface area contributed by atoms with Crippen LogP contribution in [0.4, 0.5) is 4.39 Å². The van der Waals surface area contributed by atoms with Crippen LogP contribution in [-0.4, -0.2) is 39.1 Å². The van der Waals surface area contributed by atoms with E-state index in [0.29, 0.717) is 24.0 Å². The first-order valence-electron chi connectivity index (χ1n) is 10.7. The molecule has 0 bridgehead atoms. The van der Waals surface area contributed by atoms with Crippen LogP contribution in [0.25, 0.3) is 11.1 Å². The minimum Gasteiger partial charge on any atom is -0.332 e. The molecule has 3 aromatic rings. The van der Waals surface area contributed by atoms with Crippen LogP contribution < -0.4 is 0 Å². The number of nitriles is 1. The van der Waals surface area contributed by atoms with E-state index >= 15 is 0 Å². The molecule has 0 aliphatic heterocycles. The van der Waals surface area contributed by atoms with Gasteiger partial charge in [-0.05, 0) is 73.1 Å². The molecule has 6 nitrogen and oxygen atoms in total. The molecule has 0 radical (unpaired) electrons. The summed E-state index contributed by atoms with van der Waals surface area (Å²) in [4.78, 5) is 26.5. The number of aromatic nitrogens is 2. The lowest BCUT2D eigenvalue weighted by Crippen LogP contribution is -2.44. The number of hydrogen-bond donors (Lipinski definition) is 0. The molecule has 1 aromatic heterocycles. The Balaban J connectivity index is 1.39. The van der Waals surface area contributed by atoms with E-state index in [-0.39, 0.29) is 23.6 Å². The summed E-state index contributed by atoms with van der Waals surface area (Å²) in [5.41, 5.74) is 4.22. The van der Waals surface area contributed by atoms with Gasteiger partial charge in [0.05, 0.1) is 17.3 Å². The molecule has 1 fully saturated rings. The summed E-state index contributed by atoms with van der Waals surface area (Å²) in [5, 5.41) is 13.6. The third-order valence-corrected chi connectivity index (χ3v) is 6.29. The minimum atomic E-state index is -0.452. The summed E-state index contributed by atoms with van der Waals surface area (Å²) in [6.07, 6.45) is 6.72. The molecule has 2 aromatic carbocycles. The number of fused-ring (bicyclic) bond motifs is 1. The molecule has 1 saturated carbocycles. The average molecular weight is 428 g/mol. The van der Waals surface area contributed by atoms with Crippen LogP contribution in [0.5, 0.6) is 0 Å². The monoisotopic (exact) mass is 428 g/mol. The van der Waals surface area contributed by atoms with E-state index in [1.54, 1.807) is 36.5 Å². The van der Waals surface area contributed by atoms with E-state index in [9.17, 15) is 19.2 Å². The van der Waals surface area contributed by atoms with Crippen LogP contribution in [0.3, 0.4) is 0 Å². The molecule has 2 aliphatic rings. The standard InChI is InChI=1S/C25H21FN4O2/c26-20-5-9-23(18(11-20)13-27)16-1-3-17(4-2-16)25(32)30(21-6-7-21)22-8-10-24-19(12-22)14-29(15-31)28-24/h1-5,9,11,14-15,21-22H,6-8,10,12H2. The topological polar surface area (TPSA) is 79.0 Å². The fourth-order valence-corrected chi connectivity index (χ4v) is 4.58.